The van der Waals surface area contributed by atoms with Gasteiger partial charge in [0.2, 0.25) is 0 Å². The second-order valence-corrected chi connectivity index (χ2v) is 4.98. The molecule has 3 aromatic rings. The molecule has 0 saturated carbocycles. The van der Waals surface area contributed by atoms with Crippen molar-refractivity contribution in [2.45, 2.75) is 0 Å². The van der Waals surface area contributed by atoms with E-state index in [1.54, 1.807) is 42.1 Å². The average molecular weight is 306 g/mol. The molecule has 3 rings (SSSR count). The van der Waals surface area contributed by atoms with Gasteiger partial charge in [0.25, 0.3) is 0 Å². The maximum atomic E-state index is 14.3. The minimum absolute atomic E-state index is 0.360. The Labute approximate surface area is 133 Å². The van der Waals surface area contributed by atoms with E-state index in [0.717, 1.165) is 11.1 Å². The van der Waals surface area contributed by atoms with Crippen molar-refractivity contribution in [3.8, 4) is 11.3 Å². The largest absolute Gasteiger partial charge is 0.274 e. The van der Waals surface area contributed by atoms with Gasteiger partial charge in [-0.3, -0.25) is 4.68 Å². The highest BCUT2D eigenvalue weighted by Gasteiger charge is 2.18. The number of hydrogen-bond acceptors (Lipinski definition) is 3. The lowest BCUT2D eigenvalue weighted by molar-refractivity contribution is 0.639. The lowest BCUT2D eigenvalue weighted by atomic mass is 10.0. The zero-order chi connectivity index (χ0) is 16.4. The highest BCUT2D eigenvalue weighted by molar-refractivity contribution is 5.96. The topological polar surface area (TPSA) is 43.6 Å². The molecular formula is C18H15FN4. The quantitative estimate of drug-likeness (QED) is 0.686. The number of benzene rings is 1. The summed E-state index contributed by atoms with van der Waals surface area (Å²) in [6.07, 6.45) is 8.39. The molecule has 23 heavy (non-hydrogen) atoms. The fourth-order valence-corrected chi connectivity index (χ4v) is 2.52. The van der Waals surface area contributed by atoms with Gasteiger partial charge in [-0.1, -0.05) is 37.5 Å². The minimum Gasteiger partial charge on any atom is -0.274 e. The van der Waals surface area contributed by atoms with Crippen molar-refractivity contribution in [3.05, 3.63) is 73.6 Å². The molecule has 1 aromatic carbocycles. The number of allylic oxidation sites excluding steroid dienone is 4. The van der Waals surface area contributed by atoms with Gasteiger partial charge >= 0.3 is 0 Å². The molecule has 2 heterocycles. The van der Waals surface area contributed by atoms with Crippen molar-refractivity contribution in [3.63, 3.8) is 0 Å². The Kier molecular flexibility index (Phi) is 3.85. The summed E-state index contributed by atoms with van der Waals surface area (Å²) in [5.74, 6) is -0.360. The minimum atomic E-state index is -0.360. The van der Waals surface area contributed by atoms with Crippen molar-refractivity contribution < 1.29 is 4.39 Å². The van der Waals surface area contributed by atoms with E-state index in [4.69, 9.17) is 0 Å². The molecule has 4 nitrogen and oxygen atoms in total. The first-order valence-corrected chi connectivity index (χ1v) is 7.04. The van der Waals surface area contributed by atoms with Crippen molar-refractivity contribution >= 4 is 16.5 Å². The molecule has 0 aliphatic rings. The smallest absolute Gasteiger partial charge is 0.134 e. The van der Waals surface area contributed by atoms with E-state index in [0.29, 0.717) is 22.3 Å². The Bertz CT molecular complexity index is 932. The van der Waals surface area contributed by atoms with Crippen LogP contribution < -0.4 is 0 Å². The van der Waals surface area contributed by atoms with E-state index in [9.17, 15) is 4.39 Å². The van der Waals surface area contributed by atoms with Gasteiger partial charge in [-0.25, -0.2) is 14.4 Å². The maximum absolute atomic E-state index is 14.3. The number of aromatic nitrogens is 4. The Morgan fingerprint density at radius 2 is 2.09 bits per heavy atom. The second kappa shape index (κ2) is 5.96. The Morgan fingerprint density at radius 3 is 2.83 bits per heavy atom. The Balaban J connectivity index is 2.35. The molecule has 0 radical (unpaired) electrons. The first-order valence-electron chi connectivity index (χ1n) is 7.04. The number of hydrogen-bond donors (Lipinski definition) is 0. The highest BCUT2D eigenvalue weighted by atomic mass is 19.1. The summed E-state index contributed by atoms with van der Waals surface area (Å²) in [5, 5.41) is 4.84. The summed E-state index contributed by atoms with van der Waals surface area (Å²) in [7, 11) is 1.81. The van der Waals surface area contributed by atoms with Crippen LogP contribution in [0, 0.1) is 5.82 Å². The highest BCUT2D eigenvalue weighted by Crippen LogP contribution is 2.32. The lowest BCUT2D eigenvalue weighted by Gasteiger charge is -2.06. The Hall–Kier alpha value is -3.08. The molecule has 0 N–H and O–H groups in total. The summed E-state index contributed by atoms with van der Waals surface area (Å²) in [6, 6.07) is 4.79. The molecule has 114 valence electrons. The van der Waals surface area contributed by atoms with Crippen molar-refractivity contribution in [1.29, 1.82) is 0 Å². The summed E-state index contributed by atoms with van der Waals surface area (Å²) >= 11 is 0. The third-order valence-electron chi connectivity index (χ3n) is 3.49. The first-order chi connectivity index (χ1) is 11.2. The molecule has 0 amide bonds. The van der Waals surface area contributed by atoms with Crippen LogP contribution in [-0.4, -0.2) is 19.7 Å². The molecule has 0 fully saturated rings. The predicted octanol–water partition coefficient (Wildman–Crippen LogP) is 3.92. The molecule has 0 aliphatic carbocycles. The third-order valence-corrected chi connectivity index (χ3v) is 3.49. The fraction of sp³-hybridized carbons (Fsp3) is 0.0556. The molecule has 0 bridgehead atoms. The summed E-state index contributed by atoms with van der Waals surface area (Å²) < 4.78 is 16.0. The van der Waals surface area contributed by atoms with Crippen LogP contribution in [-0.2, 0) is 7.05 Å². The molecule has 0 unspecified atom stereocenters. The van der Waals surface area contributed by atoms with Gasteiger partial charge in [-0.15, -0.1) is 0 Å². The number of nitrogens with zero attached hydrogens (tertiary/aromatic N) is 4. The van der Waals surface area contributed by atoms with Gasteiger partial charge < -0.3 is 0 Å². The van der Waals surface area contributed by atoms with Crippen LogP contribution in [0.4, 0.5) is 4.39 Å². The van der Waals surface area contributed by atoms with Crippen molar-refractivity contribution in [2.75, 3.05) is 0 Å². The molecule has 2 aromatic heterocycles. The summed E-state index contributed by atoms with van der Waals surface area (Å²) in [5.41, 5.74) is 3.24. The standard InChI is InChI=1S/C18H15FN4/c1-4-7-12(5-2)17-13(10-23(3)22-17)18-16-14(19)8-6-9-15(16)20-11-21-18/h4-11H,1-2H2,3H3/b12-7+. The predicted molar refractivity (Wildman–Crippen MR) is 90.1 cm³/mol. The Morgan fingerprint density at radius 1 is 1.26 bits per heavy atom. The second-order valence-electron chi connectivity index (χ2n) is 4.98. The summed E-state index contributed by atoms with van der Waals surface area (Å²) in [6.45, 7) is 7.51. The molecule has 0 aliphatic heterocycles. The van der Waals surface area contributed by atoms with Crippen LogP contribution >= 0.6 is 0 Å². The van der Waals surface area contributed by atoms with Gasteiger partial charge in [0.15, 0.2) is 0 Å². The third kappa shape index (κ3) is 2.57. The molecule has 5 heteroatoms. The van der Waals surface area contributed by atoms with Gasteiger partial charge in [0, 0.05) is 24.4 Å². The molecule has 0 spiro atoms. The van der Waals surface area contributed by atoms with E-state index in [2.05, 4.69) is 28.2 Å². The van der Waals surface area contributed by atoms with Crippen LogP contribution in [0.2, 0.25) is 0 Å². The zero-order valence-corrected chi connectivity index (χ0v) is 12.7. The maximum Gasteiger partial charge on any atom is 0.134 e. The average Bonchev–Trinajstić information content (AvgIpc) is 2.94. The van der Waals surface area contributed by atoms with E-state index in [1.165, 1.54) is 12.4 Å². The van der Waals surface area contributed by atoms with Crippen LogP contribution in [0.1, 0.15) is 5.69 Å². The van der Waals surface area contributed by atoms with Crippen LogP contribution in [0.5, 0.6) is 0 Å². The van der Waals surface area contributed by atoms with Crippen LogP contribution in [0.15, 0.2) is 62.1 Å². The van der Waals surface area contributed by atoms with E-state index in [-0.39, 0.29) is 5.82 Å². The molecule has 0 saturated heterocycles. The van der Waals surface area contributed by atoms with Crippen molar-refractivity contribution in [2.24, 2.45) is 7.05 Å². The first kappa shape index (κ1) is 14.8. The molecular weight excluding hydrogens is 291 g/mol. The zero-order valence-electron chi connectivity index (χ0n) is 12.7. The van der Waals surface area contributed by atoms with E-state index in [1.807, 2.05) is 6.20 Å². The lowest BCUT2D eigenvalue weighted by Crippen LogP contribution is -1.94. The van der Waals surface area contributed by atoms with Gasteiger partial charge in [0.1, 0.15) is 17.8 Å². The van der Waals surface area contributed by atoms with Crippen molar-refractivity contribution in [1.82, 2.24) is 19.7 Å². The van der Waals surface area contributed by atoms with Gasteiger partial charge in [-0.05, 0) is 12.1 Å². The number of rotatable bonds is 4. The normalized spacial score (nSPS) is 11.7. The SMILES string of the molecule is C=C/C=C(\C=C)c1nn(C)cc1-c1ncnc2cccc(F)c12. The van der Waals surface area contributed by atoms with E-state index < -0.39 is 0 Å². The fourth-order valence-electron chi connectivity index (χ4n) is 2.52. The summed E-state index contributed by atoms with van der Waals surface area (Å²) in [4.78, 5) is 8.43. The van der Waals surface area contributed by atoms with E-state index >= 15 is 0 Å². The van der Waals surface area contributed by atoms with Gasteiger partial charge in [0.05, 0.1) is 16.6 Å². The number of halogens is 1. The monoisotopic (exact) mass is 306 g/mol. The molecule has 0 atom stereocenters. The van der Waals surface area contributed by atoms with Crippen LogP contribution in [0.3, 0.4) is 0 Å². The number of fused-ring (bicyclic) bond motifs is 1. The van der Waals surface area contributed by atoms with Crippen LogP contribution in [0.25, 0.3) is 27.7 Å². The van der Waals surface area contributed by atoms with Gasteiger partial charge in [-0.2, -0.15) is 5.10 Å². The number of aryl methyl sites for hydroxylation is 1.